The van der Waals surface area contributed by atoms with E-state index in [1.165, 1.54) is 19.4 Å². The molecular formula is C16H24N2O2. The van der Waals surface area contributed by atoms with E-state index in [2.05, 4.69) is 24.2 Å². The van der Waals surface area contributed by atoms with Gasteiger partial charge in [0, 0.05) is 18.3 Å². The molecule has 0 aromatic heterocycles. The molecule has 0 saturated carbocycles. The minimum atomic E-state index is -0.865. The fourth-order valence-corrected chi connectivity index (χ4v) is 3.00. The van der Waals surface area contributed by atoms with E-state index >= 15 is 0 Å². The number of anilines is 1. The van der Waals surface area contributed by atoms with Crippen LogP contribution >= 0.6 is 0 Å². The molecule has 0 radical (unpaired) electrons. The van der Waals surface area contributed by atoms with Gasteiger partial charge >= 0.3 is 5.97 Å². The van der Waals surface area contributed by atoms with Crippen LogP contribution in [0.5, 0.6) is 0 Å². The topological polar surface area (TPSA) is 52.6 Å². The monoisotopic (exact) mass is 276 g/mol. The van der Waals surface area contributed by atoms with Crippen LogP contribution in [0.4, 0.5) is 5.69 Å². The normalized spacial score (nSPS) is 21.4. The van der Waals surface area contributed by atoms with Crippen molar-refractivity contribution >= 4 is 11.7 Å². The van der Waals surface area contributed by atoms with Crippen LogP contribution in [0.25, 0.3) is 0 Å². The van der Waals surface area contributed by atoms with Crippen LogP contribution in [0.3, 0.4) is 0 Å². The smallest absolute Gasteiger partial charge is 0.336 e. The van der Waals surface area contributed by atoms with Crippen LogP contribution in [0, 0.1) is 12.8 Å². The molecule has 20 heavy (non-hydrogen) atoms. The minimum absolute atomic E-state index is 0.348. The van der Waals surface area contributed by atoms with Crippen LogP contribution in [-0.4, -0.2) is 42.2 Å². The molecule has 1 aliphatic rings. The summed E-state index contributed by atoms with van der Waals surface area (Å²) >= 11 is 0. The molecule has 0 amide bonds. The van der Waals surface area contributed by atoms with Crippen molar-refractivity contribution < 1.29 is 9.90 Å². The second-order valence-corrected chi connectivity index (χ2v) is 5.88. The van der Waals surface area contributed by atoms with Crippen molar-refractivity contribution in [3.05, 3.63) is 29.3 Å². The highest BCUT2D eigenvalue weighted by atomic mass is 16.4. The third kappa shape index (κ3) is 3.31. The average molecular weight is 276 g/mol. The summed E-state index contributed by atoms with van der Waals surface area (Å²) in [5, 5.41) is 12.7. The number of hydrogen-bond donors (Lipinski definition) is 2. The standard InChI is InChI=1S/C16H24N2O2/c1-11-14(16(19)20)7-4-8-15(11)17-12(2)13-6-5-9-18(3)10-13/h4,7-8,12-13,17H,5-6,9-10H2,1-3H3,(H,19,20). The van der Waals surface area contributed by atoms with E-state index in [1.54, 1.807) is 12.1 Å². The van der Waals surface area contributed by atoms with Gasteiger partial charge in [-0.1, -0.05) is 6.07 Å². The highest BCUT2D eigenvalue weighted by Crippen LogP contribution is 2.24. The van der Waals surface area contributed by atoms with Gasteiger partial charge in [-0.15, -0.1) is 0 Å². The predicted octanol–water partition coefficient (Wildman–Crippen LogP) is 2.84. The molecule has 1 aliphatic heterocycles. The summed E-state index contributed by atoms with van der Waals surface area (Å²) in [5.74, 6) is -0.252. The molecule has 1 aromatic carbocycles. The van der Waals surface area contributed by atoms with Gasteiger partial charge in [-0.2, -0.15) is 0 Å². The Labute approximate surface area is 120 Å². The molecule has 1 heterocycles. The van der Waals surface area contributed by atoms with Gasteiger partial charge in [0.05, 0.1) is 5.56 Å². The summed E-state index contributed by atoms with van der Waals surface area (Å²) in [4.78, 5) is 13.5. The SMILES string of the molecule is Cc1c(NC(C)C2CCCN(C)C2)cccc1C(=O)O. The number of benzene rings is 1. The molecule has 0 bridgehead atoms. The summed E-state index contributed by atoms with van der Waals surface area (Å²) in [5.41, 5.74) is 2.13. The van der Waals surface area contributed by atoms with Crippen molar-refractivity contribution in [1.29, 1.82) is 0 Å². The zero-order valence-corrected chi connectivity index (χ0v) is 12.5. The lowest BCUT2D eigenvalue weighted by Crippen LogP contribution is -2.40. The second kappa shape index (κ2) is 6.27. The lowest BCUT2D eigenvalue weighted by atomic mass is 9.91. The van der Waals surface area contributed by atoms with Crippen LogP contribution in [0.2, 0.25) is 0 Å². The zero-order chi connectivity index (χ0) is 14.7. The molecule has 2 N–H and O–H groups in total. The van der Waals surface area contributed by atoms with Gasteiger partial charge in [0.2, 0.25) is 0 Å². The molecule has 2 atom stereocenters. The van der Waals surface area contributed by atoms with Gasteiger partial charge in [0.1, 0.15) is 0 Å². The van der Waals surface area contributed by atoms with Crippen LogP contribution in [0.15, 0.2) is 18.2 Å². The summed E-state index contributed by atoms with van der Waals surface area (Å²) in [7, 11) is 2.16. The number of piperidine rings is 1. The Kier molecular flexibility index (Phi) is 4.65. The largest absolute Gasteiger partial charge is 0.478 e. The summed E-state index contributed by atoms with van der Waals surface area (Å²) in [6.45, 7) is 6.34. The number of likely N-dealkylation sites (tertiary alicyclic amines) is 1. The molecule has 1 aromatic rings. The maximum atomic E-state index is 11.2. The van der Waals surface area contributed by atoms with Crippen LogP contribution < -0.4 is 5.32 Å². The molecular weight excluding hydrogens is 252 g/mol. The Hall–Kier alpha value is -1.55. The lowest BCUT2D eigenvalue weighted by Gasteiger charge is -2.34. The lowest BCUT2D eigenvalue weighted by molar-refractivity contribution is 0.0696. The molecule has 1 fully saturated rings. The number of nitrogens with zero attached hydrogens (tertiary/aromatic N) is 1. The third-order valence-corrected chi connectivity index (χ3v) is 4.32. The first kappa shape index (κ1) is 14.9. The minimum Gasteiger partial charge on any atom is -0.478 e. The Balaban J connectivity index is 2.09. The highest BCUT2D eigenvalue weighted by molar-refractivity contribution is 5.91. The van der Waals surface area contributed by atoms with E-state index in [4.69, 9.17) is 0 Å². The molecule has 4 heteroatoms. The van der Waals surface area contributed by atoms with E-state index in [0.29, 0.717) is 17.5 Å². The van der Waals surface area contributed by atoms with E-state index in [1.807, 2.05) is 13.0 Å². The molecule has 2 unspecified atom stereocenters. The number of nitrogens with one attached hydrogen (secondary N) is 1. The van der Waals surface area contributed by atoms with Crippen LogP contribution in [-0.2, 0) is 0 Å². The summed E-state index contributed by atoms with van der Waals surface area (Å²) < 4.78 is 0. The quantitative estimate of drug-likeness (QED) is 0.888. The third-order valence-electron chi connectivity index (χ3n) is 4.32. The van der Waals surface area contributed by atoms with Gasteiger partial charge in [-0.05, 0) is 63.9 Å². The average Bonchev–Trinajstić information content (AvgIpc) is 2.40. The maximum Gasteiger partial charge on any atom is 0.336 e. The maximum absolute atomic E-state index is 11.2. The molecule has 2 rings (SSSR count). The first-order chi connectivity index (χ1) is 9.49. The Bertz CT molecular complexity index is 487. The van der Waals surface area contributed by atoms with Crippen molar-refractivity contribution in [3.8, 4) is 0 Å². The zero-order valence-electron chi connectivity index (χ0n) is 12.5. The van der Waals surface area contributed by atoms with E-state index in [9.17, 15) is 9.90 Å². The van der Waals surface area contributed by atoms with E-state index in [0.717, 1.165) is 17.8 Å². The number of aromatic carboxylic acids is 1. The van der Waals surface area contributed by atoms with Crippen molar-refractivity contribution in [3.63, 3.8) is 0 Å². The van der Waals surface area contributed by atoms with Crippen molar-refractivity contribution in [2.75, 3.05) is 25.5 Å². The number of carboxylic acid groups (broad SMARTS) is 1. The number of carboxylic acids is 1. The fourth-order valence-electron chi connectivity index (χ4n) is 3.00. The molecule has 1 saturated heterocycles. The van der Waals surface area contributed by atoms with Gasteiger partial charge in [0.25, 0.3) is 0 Å². The van der Waals surface area contributed by atoms with Crippen LogP contribution in [0.1, 0.15) is 35.7 Å². The first-order valence-corrected chi connectivity index (χ1v) is 7.27. The predicted molar refractivity (Wildman–Crippen MR) is 81.4 cm³/mol. The Morgan fingerprint density at radius 1 is 1.50 bits per heavy atom. The second-order valence-electron chi connectivity index (χ2n) is 5.88. The van der Waals surface area contributed by atoms with Gasteiger partial charge < -0.3 is 15.3 Å². The van der Waals surface area contributed by atoms with Gasteiger partial charge in [-0.3, -0.25) is 0 Å². The van der Waals surface area contributed by atoms with Crippen molar-refractivity contribution in [2.24, 2.45) is 5.92 Å². The van der Waals surface area contributed by atoms with E-state index in [-0.39, 0.29) is 0 Å². The van der Waals surface area contributed by atoms with Gasteiger partial charge in [0.15, 0.2) is 0 Å². The summed E-state index contributed by atoms with van der Waals surface area (Å²) in [6.07, 6.45) is 2.47. The van der Waals surface area contributed by atoms with Gasteiger partial charge in [-0.25, -0.2) is 4.79 Å². The fraction of sp³-hybridized carbons (Fsp3) is 0.562. The van der Waals surface area contributed by atoms with Crippen molar-refractivity contribution in [1.82, 2.24) is 4.90 Å². The number of hydrogen-bond acceptors (Lipinski definition) is 3. The first-order valence-electron chi connectivity index (χ1n) is 7.27. The van der Waals surface area contributed by atoms with Crippen molar-refractivity contribution in [2.45, 2.75) is 32.7 Å². The summed E-state index contributed by atoms with van der Waals surface area (Å²) in [6, 6.07) is 5.77. The molecule has 4 nitrogen and oxygen atoms in total. The Morgan fingerprint density at radius 2 is 2.25 bits per heavy atom. The number of carbonyl (C=O) groups is 1. The molecule has 0 spiro atoms. The molecule has 110 valence electrons. The molecule has 0 aliphatic carbocycles. The number of rotatable bonds is 4. The Morgan fingerprint density at radius 3 is 2.90 bits per heavy atom. The highest BCUT2D eigenvalue weighted by Gasteiger charge is 2.23. The van der Waals surface area contributed by atoms with E-state index < -0.39 is 5.97 Å².